The predicted octanol–water partition coefficient (Wildman–Crippen LogP) is 2.61. The van der Waals surface area contributed by atoms with Crippen LogP contribution in [0.5, 0.6) is 11.5 Å². The molecule has 1 aromatic heterocycles. The van der Waals surface area contributed by atoms with Crippen molar-refractivity contribution < 1.29 is 14.3 Å². The number of carbonyl (C=O) groups excluding carboxylic acids is 1. The smallest absolute Gasteiger partial charge is 0.226 e. The second-order valence-corrected chi connectivity index (χ2v) is 7.69. The number of hydrogen-bond acceptors (Lipinski definition) is 6. The largest absolute Gasteiger partial charge is 0.493 e. The lowest BCUT2D eigenvalue weighted by atomic mass is 9.95. The van der Waals surface area contributed by atoms with Crippen molar-refractivity contribution in [2.24, 2.45) is 11.7 Å². The summed E-state index contributed by atoms with van der Waals surface area (Å²) >= 11 is 1.51. The number of carbonyl (C=O) groups is 1. The zero-order valence-electron chi connectivity index (χ0n) is 15.4. The molecule has 1 amide bonds. The van der Waals surface area contributed by atoms with E-state index in [1.165, 1.54) is 11.3 Å². The van der Waals surface area contributed by atoms with Gasteiger partial charge < -0.3 is 20.5 Å². The summed E-state index contributed by atoms with van der Waals surface area (Å²) in [5, 5.41) is 5.86. The fourth-order valence-electron chi connectivity index (χ4n) is 3.06. The highest BCUT2D eigenvalue weighted by Crippen LogP contribution is 2.39. The molecule has 1 fully saturated rings. The van der Waals surface area contributed by atoms with Crippen molar-refractivity contribution in [3.8, 4) is 22.1 Å². The minimum absolute atomic E-state index is 0.0333. The Morgan fingerprint density at radius 2 is 2.08 bits per heavy atom. The normalized spacial score (nSPS) is 16.0. The molecule has 3 rings (SSSR count). The zero-order chi connectivity index (χ0) is 18.7. The number of amides is 1. The van der Waals surface area contributed by atoms with E-state index in [0.29, 0.717) is 24.0 Å². The SMILES string of the molecule is COc1ccc(-c2nc(CC(=O)NC(C)(CN)C3CC3)cs2)cc1OC. The molecule has 2 aromatic rings. The molecule has 1 unspecified atom stereocenters. The van der Waals surface area contributed by atoms with Gasteiger partial charge in [-0.2, -0.15) is 0 Å². The lowest BCUT2D eigenvalue weighted by Gasteiger charge is -2.29. The van der Waals surface area contributed by atoms with Crippen LogP contribution in [0, 0.1) is 5.92 Å². The van der Waals surface area contributed by atoms with Gasteiger partial charge in [-0.3, -0.25) is 4.79 Å². The van der Waals surface area contributed by atoms with Gasteiger partial charge in [0.2, 0.25) is 5.91 Å². The number of methoxy groups -OCH3 is 2. The van der Waals surface area contributed by atoms with Gasteiger partial charge in [-0.1, -0.05) is 0 Å². The van der Waals surface area contributed by atoms with Crippen molar-refractivity contribution in [1.29, 1.82) is 0 Å². The third-order valence-corrected chi connectivity index (χ3v) is 5.79. The zero-order valence-corrected chi connectivity index (χ0v) is 16.2. The molecule has 0 radical (unpaired) electrons. The maximum Gasteiger partial charge on any atom is 0.226 e. The fourth-order valence-corrected chi connectivity index (χ4v) is 3.87. The van der Waals surface area contributed by atoms with Crippen LogP contribution in [0.1, 0.15) is 25.5 Å². The number of thiazole rings is 1. The molecule has 1 aliphatic rings. The molecule has 7 heteroatoms. The van der Waals surface area contributed by atoms with E-state index in [4.69, 9.17) is 15.2 Å². The number of rotatable bonds is 8. The average molecular weight is 375 g/mol. The summed E-state index contributed by atoms with van der Waals surface area (Å²) in [4.78, 5) is 17.0. The minimum Gasteiger partial charge on any atom is -0.493 e. The van der Waals surface area contributed by atoms with Gasteiger partial charge >= 0.3 is 0 Å². The maximum absolute atomic E-state index is 12.4. The van der Waals surface area contributed by atoms with Crippen molar-refractivity contribution in [3.05, 3.63) is 29.3 Å². The molecule has 1 aromatic carbocycles. The topological polar surface area (TPSA) is 86.5 Å². The first kappa shape index (κ1) is 18.7. The lowest BCUT2D eigenvalue weighted by molar-refractivity contribution is -0.122. The van der Waals surface area contributed by atoms with Crippen LogP contribution in [0.3, 0.4) is 0 Å². The van der Waals surface area contributed by atoms with E-state index < -0.39 is 0 Å². The van der Waals surface area contributed by atoms with Crippen LogP contribution in [0.2, 0.25) is 0 Å². The Morgan fingerprint density at radius 3 is 2.69 bits per heavy atom. The standard InChI is InChI=1S/C19H25N3O3S/c1-19(11-20,13-5-6-13)22-17(23)9-14-10-26-18(21-14)12-4-7-15(24-2)16(8-12)25-3/h4,7-8,10,13H,5-6,9,11,20H2,1-3H3,(H,22,23). The van der Waals surface area contributed by atoms with E-state index >= 15 is 0 Å². The van der Waals surface area contributed by atoms with Crippen molar-refractivity contribution >= 4 is 17.2 Å². The van der Waals surface area contributed by atoms with Crippen LogP contribution in [0.25, 0.3) is 10.6 Å². The van der Waals surface area contributed by atoms with E-state index in [0.717, 1.165) is 29.1 Å². The fraction of sp³-hybridized carbons (Fsp3) is 0.474. The highest BCUT2D eigenvalue weighted by Gasteiger charge is 2.41. The highest BCUT2D eigenvalue weighted by atomic mass is 32.1. The number of nitrogens with one attached hydrogen (secondary N) is 1. The molecule has 3 N–H and O–H groups in total. The maximum atomic E-state index is 12.4. The van der Waals surface area contributed by atoms with Crippen molar-refractivity contribution in [2.45, 2.75) is 31.7 Å². The van der Waals surface area contributed by atoms with Gasteiger partial charge in [-0.15, -0.1) is 11.3 Å². The summed E-state index contributed by atoms with van der Waals surface area (Å²) in [6.45, 7) is 2.48. The average Bonchev–Trinajstić information content (AvgIpc) is 3.41. The van der Waals surface area contributed by atoms with Gasteiger partial charge in [0.05, 0.1) is 31.9 Å². The minimum atomic E-state index is -0.306. The summed E-state index contributed by atoms with van der Waals surface area (Å²) in [5.41, 5.74) is 7.26. The van der Waals surface area contributed by atoms with Crippen LogP contribution < -0.4 is 20.5 Å². The van der Waals surface area contributed by atoms with Gasteiger partial charge in [-0.05, 0) is 43.9 Å². The van der Waals surface area contributed by atoms with Gasteiger partial charge in [0.1, 0.15) is 5.01 Å². The number of benzene rings is 1. The Labute approximate surface area is 157 Å². The summed E-state index contributed by atoms with van der Waals surface area (Å²) in [6, 6.07) is 5.67. The van der Waals surface area contributed by atoms with E-state index in [9.17, 15) is 4.79 Å². The number of nitrogens with zero attached hydrogens (tertiary/aromatic N) is 1. The second-order valence-electron chi connectivity index (χ2n) is 6.83. The first-order valence-electron chi connectivity index (χ1n) is 8.67. The Hall–Kier alpha value is -2.12. The Kier molecular flexibility index (Phi) is 5.48. The van der Waals surface area contributed by atoms with Crippen molar-refractivity contribution in [3.63, 3.8) is 0 Å². The van der Waals surface area contributed by atoms with E-state index in [2.05, 4.69) is 10.3 Å². The van der Waals surface area contributed by atoms with Crippen LogP contribution >= 0.6 is 11.3 Å². The summed E-state index contributed by atoms with van der Waals surface area (Å²) in [5.74, 6) is 1.79. The summed E-state index contributed by atoms with van der Waals surface area (Å²) in [6.07, 6.45) is 2.52. The Bertz CT molecular complexity index is 788. The van der Waals surface area contributed by atoms with Crippen LogP contribution in [0.4, 0.5) is 0 Å². The molecule has 1 aliphatic carbocycles. The predicted molar refractivity (Wildman–Crippen MR) is 103 cm³/mol. The van der Waals surface area contributed by atoms with Gasteiger partial charge in [0, 0.05) is 17.5 Å². The van der Waals surface area contributed by atoms with Gasteiger partial charge in [0.15, 0.2) is 11.5 Å². The Balaban J connectivity index is 1.69. The molecule has 1 saturated carbocycles. The molecule has 1 heterocycles. The summed E-state index contributed by atoms with van der Waals surface area (Å²) < 4.78 is 10.6. The molecule has 0 aliphatic heterocycles. The molecule has 140 valence electrons. The van der Waals surface area contributed by atoms with Crippen LogP contribution in [-0.2, 0) is 11.2 Å². The number of hydrogen-bond donors (Lipinski definition) is 2. The van der Waals surface area contributed by atoms with Crippen molar-refractivity contribution in [2.75, 3.05) is 20.8 Å². The van der Waals surface area contributed by atoms with E-state index in [1.54, 1.807) is 14.2 Å². The summed E-state index contributed by atoms with van der Waals surface area (Å²) in [7, 11) is 3.21. The molecular formula is C19H25N3O3S. The van der Waals surface area contributed by atoms with E-state index in [1.807, 2.05) is 30.5 Å². The molecule has 6 nitrogen and oxygen atoms in total. The first-order chi connectivity index (χ1) is 12.5. The molecule has 1 atom stereocenters. The number of ether oxygens (including phenoxy) is 2. The van der Waals surface area contributed by atoms with Crippen LogP contribution in [-0.4, -0.2) is 37.2 Å². The lowest BCUT2D eigenvalue weighted by Crippen LogP contribution is -2.53. The molecule has 0 spiro atoms. The second kappa shape index (κ2) is 7.63. The quantitative estimate of drug-likeness (QED) is 0.741. The molecule has 0 bridgehead atoms. The molecule has 26 heavy (non-hydrogen) atoms. The van der Waals surface area contributed by atoms with E-state index in [-0.39, 0.29) is 17.9 Å². The van der Waals surface area contributed by atoms with Gasteiger partial charge in [-0.25, -0.2) is 4.98 Å². The molecule has 0 saturated heterocycles. The molecular weight excluding hydrogens is 350 g/mol. The van der Waals surface area contributed by atoms with Gasteiger partial charge in [0.25, 0.3) is 0 Å². The van der Waals surface area contributed by atoms with Crippen molar-refractivity contribution in [1.82, 2.24) is 10.3 Å². The number of aromatic nitrogens is 1. The van der Waals surface area contributed by atoms with Crippen LogP contribution in [0.15, 0.2) is 23.6 Å². The Morgan fingerprint density at radius 1 is 1.35 bits per heavy atom. The third-order valence-electron chi connectivity index (χ3n) is 4.85. The third kappa shape index (κ3) is 3.99. The first-order valence-corrected chi connectivity index (χ1v) is 9.55. The monoisotopic (exact) mass is 375 g/mol. The highest BCUT2D eigenvalue weighted by molar-refractivity contribution is 7.13. The number of nitrogens with two attached hydrogens (primary N) is 1.